The maximum atomic E-state index is 12.3. The van der Waals surface area contributed by atoms with Crippen LogP contribution in [0.25, 0.3) is 0 Å². The largest absolute Gasteiger partial charge is 0.352 e. The highest BCUT2D eigenvalue weighted by atomic mass is 32.1. The monoisotopic (exact) mass is 362 g/mol. The molecule has 0 bridgehead atoms. The lowest BCUT2D eigenvalue weighted by Crippen LogP contribution is -2.49. The van der Waals surface area contributed by atoms with Gasteiger partial charge in [0, 0.05) is 43.4 Å². The second-order valence-electron chi connectivity index (χ2n) is 5.91. The summed E-state index contributed by atoms with van der Waals surface area (Å²) in [7, 11) is 0. The molecule has 8 nitrogen and oxygen atoms in total. The van der Waals surface area contributed by atoms with Crippen LogP contribution in [0.15, 0.2) is 28.1 Å². The third-order valence-electron chi connectivity index (χ3n) is 4.28. The SMILES string of the molecule is CCn1ccnc(N2CCC(NC(=O)NCc3cscn3)CC2)c1=O. The van der Waals surface area contributed by atoms with Crippen LogP contribution in [0.5, 0.6) is 0 Å². The van der Waals surface area contributed by atoms with Crippen LogP contribution in [-0.4, -0.2) is 39.7 Å². The minimum absolute atomic E-state index is 0.0579. The Balaban J connectivity index is 1.48. The van der Waals surface area contributed by atoms with E-state index in [0.29, 0.717) is 32.0 Å². The summed E-state index contributed by atoms with van der Waals surface area (Å²) in [5, 5.41) is 7.71. The third-order valence-corrected chi connectivity index (χ3v) is 4.91. The summed E-state index contributed by atoms with van der Waals surface area (Å²) in [5.41, 5.74) is 2.55. The third kappa shape index (κ3) is 4.36. The molecular formula is C16H22N6O2S. The summed E-state index contributed by atoms with van der Waals surface area (Å²) in [6.07, 6.45) is 4.93. The van der Waals surface area contributed by atoms with Crippen LogP contribution in [0.4, 0.5) is 10.6 Å². The molecule has 0 spiro atoms. The number of piperidine rings is 1. The summed E-state index contributed by atoms with van der Waals surface area (Å²) in [6, 6.07) is -0.0820. The highest BCUT2D eigenvalue weighted by Crippen LogP contribution is 2.14. The van der Waals surface area contributed by atoms with Gasteiger partial charge in [-0.05, 0) is 19.8 Å². The Labute approximate surface area is 149 Å². The van der Waals surface area contributed by atoms with E-state index in [1.807, 2.05) is 17.2 Å². The Morgan fingerprint density at radius 3 is 2.84 bits per heavy atom. The molecule has 1 fully saturated rings. The lowest BCUT2D eigenvalue weighted by atomic mass is 10.1. The standard InChI is InChI=1S/C16H22N6O2S/c1-2-21-8-5-17-14(15(21)23)22-6-3-12(4-7-22)20-16(24)18-9-13-10-25-11-19-13/h5,8,10-12H,2-4,6-7,9H2,1H3,(H2,18,20,24). The molecule has 0 radical (unpaired) electrons. The van der Waals surface area contributed by atoms with Crippen molar-refractivity contribution in [2.45, 2.75) is 38.9 Å². The van der Waals surface area contributed by atoms with Crippen molar-refractivity contribution < 1.29 is 4.79 Å². The van der Waals surface area contributed by atoms with Crippen molar-refractivity contribution in [3.63, 3.8) is 0 Å². The molecule has 0 atom stereocenters. The van der Waals surface area contributed by atoms with Crippen molar-refractivity contribution in [3.05, 3.63) is 39.3 Å². The van der Waals surface area contributed by atoms with E-state index in [2.05, 4.69) is 20.6 Å². The second kappa shape index (κ2) is 8.11. The van der Waals surface area contributed by atoms with Gasteiger partial charge in [0.05, 0.1) is 17.7 Å². The number of hydrogen-bond donors (Lipinski definition) is 2. The molecule has 0 aliphatic carbocycles. The number of aromatic nitrogens is 3. The zero-order valence-corrected chi connectivity index (χ0v) is 15.0. The molecule has 2 N–H and O–H groups in total. The van der Waals surface area contributed by atoms with Gasteiger partial charge in [0.15, 0.2) is 5.82 Å². The first-order valence-corrected chi connectivity index (χ1v) is 9.33. The molecule has 0 saturated carbocycles. The Morgan fingerprint density at radius 1 is 1.36 bits per heavy atom. The Hall–Kier alpha value is -2.42. The Bertz CT molecular complexity index is 752. The highest BCUT2D eigenvalue weighted by Gasteiger charge is 2.23. The first-order chi connectivity index (χ1) is 12.2. The molecule has 3 heterocycles. The summed E-state index contributed by atoms with van der Waals surface area (Å²) < 4.78 is 1.65. The molecular weight excluding hydrogens is 340 g/mol. The fourth-order valence-corrected chi connectivity index (χ4v) is 3.43. The number of rotatable bonds is 5. The van der Waals surface area contributed by atoms with Crippen molar-refractivity contribution in [1.29, 1.82) is 0 Å². The average Bonchev–Trinajstić information content (AvgIpc) is 3.15. The zero-order valence-electron chi connectivity index (χ0n) is 14.1. The molecule has 25 heavy (non-hydrogen) atoms. The van der Waals surface area contributed by atoms with Crippen LogP contribution >= 0.6 is 11.3 Å². The van der Waals surface area contributed by atoms with Crippen LogP contribution in [0.3, 0.4) is 0 Å². The summed E-state index contributed by atoms with van der Waals surface area (Å²) in [5.74, 6) is 0.496. The van der Waals surface area contributed by atoms with Gasteiger partial charge in [-0.25, -0.2) is 14.8 Å². The normalized spacial score (nSPS) is 15.2. The first-order valence-electron chi connectivity index (χ1n) is 8.39. The smallest absolute Gasteiger partial charge is 0.315 e. The van der Waals surface area contributed by atoms with Gasteiger partial charge in [-0.3, -0.25) is 4.79 Å². The van der Waals surface area contributed by atoms with Gasteiger partial charge >= 0.3 is 6.03 Å². The topological polar surface area (TPSA) is 92.2 Å². The molecule has 2 aromatic heterocycles. The molecule has 0 unspecified atom stereocenters. The van der Waals surface area contributed by atoms with E-state index in [1.165, 1.54) is 11.3 Å². The van der Waals surface area contributed by atoms with Gasteiger partial charge in [0.1, 0.15) is 0 Å². The predicted octanol–water partition coefficient (Wildman–Crippen LogP) is 1.19. The number of amides is 2. The average molecular weight is 362 g/mol. The molecule has 1 aliphatic rings. The van der Waals surface area contributed by atoms with Crippen LogP contribution in [0.1, 0.15) is 25.5 Å². The number of anilines is 1. The molecule has 2 amide bonds. The summed E-state index contributed by atoms with van der Waals surface area (Å²) in [4.78, 5) is 34.7. The quantitative estimate of drug-likeness (QED) is 0.833. The van der Waals surface area contributed by atoms with E-state index in [1.54, 1.807) is 22.5 Å². The lowest BCUT2D eigenvalue weighted by molar-refractivity contribution is 0.234. The van der Waals surface area contributed by atoms with Gasteiger partial charge in [-0.1, -0.05) is 0 Å². The van der Waals surface area contributed by atoms with E-state index in [-0.39, 0.29) is 17.6 Å². The molecule has 0 aromatic carbocycles. The first kappa shape index (κ1) is 17.4. The fourth-order valence-electron chi connectivity index (χ4n) is 2.87. The van der Waals surface area contributed by atoms with Crippen LogP contribution in [0.2, 0.25) is 0 Å². The number of urea groups is 1. The van der Waals surface area contributed by atoms with Gasteiger partial charge < -0.3 is 20.1 Å². The minimum Gasteiger partial charge on any atom is -0.352 e. The molecule has 9 heteroatoms. The van der Waals surface area contributed by atoms with E-state index in [9.17, 15) is 9.59 Å². The second-order valence-corrected chi connectivity index (χ2v) is 6.63. The van der Waals surface area contributed by atoms with Gasteiger partial charge in [0.2, 0.25) is 0 Å². The number of carbonyl (C=O) groups is 1. The molecule has 134 valence electrons. The summed E-state index contributed by atoms with van der Waals surface area (Å²) in [6.45, 7) is 4.40. The number of carbonyl (C=O) groups excluding carboxylic acids is 1. The number of thiazole rings is 1. The maximum Gasteiger partial charge on any atom is 0.315 e. The van der Waals surface area contributed by atoms with Crippen molar-refractivity contribution in [3.8, 4) is 0 Å². The van der Waals surface area contributed by atoms with Crippen molar-refractivity contribution in [2.24, 2.45) is 0 Å². The number of nitrogens with one attached hydrogen (secondary N) is 2. The van der Waals surface area contributed by atoms with Gasteiger partial charge in [0.25, 0.3) is 5.56 Å². The number of aryl methyl sites for hydroxylation is 1. The molecule has 3 rings (SSSR count). The number of hydrogen-bond acceptors (Lipinski definition) is 6. The highest BCUT2D eigenvalue weighted by molar-refractivity contribution is 7.07. The van der Waals surface area contributed by atoms with Gasteiger partial charge in [-0.2, -0.15) is 0 Å². The van der Waals surface area contributed by atoms with Crippen LogP contribution in [-0.2, 0) is 13.1 Å². The lowest BCUT2D eigenvalue weighted by Gasteiger charge is -2.32. The Morgan fingerprint density at radius 2 is 2.16 bits per heavy atom. The van der Waals surface area contributed by atoms with E-state index < -0.39 is 0 Å². The van der Waals surface area contributed by atoms with Crippen LogP contribution < -0.4 is 21.1 Å². The summed E-state index contributed by atoms with van der Waals surface area (Å²) >= 11 is 1.51. The Kier molecular flexibility index (Phi) is 5.64. The molecule has 1 aliphatic heterocycles. The molecule has 1 saturated heterocycles. The zero-order chi connectivity index (χ0) is 17.6. The van der Waals surface area contributed by atoms with Crippen molar-refractivity contribution in [2.75, 3.05) is 18.0 Å². The van der Waals surface area contributed by atoms with E-state index in [4.69, 9.17) is 0 Å². The van der Waals surface area contributed by atoms with E-state index >= 15 is 0 Å². The minimum atomic E-state index is -0.183. The van der Waals surface area contributed by atoms with Crippen molar-refractivity contribution in [1.82, 2.24) is 25.2 Å². The van der Waals surface area contributed by atoms with Gasteiger partial charge in [-0.15, -0.1) is 11.3 Å². The van der Waals surface area contributed by atoms with Crippen molar-refractivity contribution >= 4 is 23.2 Å². The fraction of sp³-hybridized carbons (Fsp3) is 0.500. The van der Waals surface area contributed by atoms with Crippen LogP contribution in [0, 0.1) is 0 Å². The predicted molar refractivity (Wildman–Crippen MR) is 96.9 cm³/mol. The maximum absolute atomic E-state index is 12.3. The van der Waals surface area contributed by atoms with E-state index in [0.717, 1.165) is 18.5 Å². The molecule has 2 aromatic rings. The number of nitrogens with zero attached hydrogens (tertiary/aromatic N) is 4.